The van der Waals surface area contributed by atoms with Crippen molar-refractivity contribution in [2.24, 2.45) is 0 Å². The highest BCUT2D eigenvalue weighted by Gasteiger charge is 2.31. The zero-order valence-corrected chi connectivity index (χ0v) is 11.7. The SMILES string of the molecule is C=C1c2ccccc2C(=O)N1c1cccc(CCCO)c1. The molecule has 1 N–H and O–H groups in total. The van der Waals surface area contributed by atoms with E-state index in [-0.39, 0.29) is 12.5 Å². The van der Waals surface area contributed by atoms with Crippen LogP contribution >= 0.6 is 0 Å². The first-order valence-electron chi connectivity index (χ1n) is 7.05. The number of benzene rings is 2. The molecule has 0 atom stereocenters. The van der Waals surface area contributed by atoms with E-state index in [0.29, 0.717) is 5.56 Å². The van der Waals surface area contributed by atoms with E-state index in [9.17, 15) is 4.79 Å². The van der Waals surface area contributed by atoms with Crippen LogP contribution in [0.15, 0.2) is 55.1 Å². The number of hydrogen-bond donors (Lipinski definition) is 1. The molecule has 0 aromatic heterocycles. The zero-order valence-electron chi connectivity index (χ0n) is 11.7. The summed E-state index contributed by atoms with van der Waals surface area (Å²) < 4.78 is 0. The van der Waals surface area contributed by atoms with Crippen molar-refractivity contribution < 1.29 is 9.90 Å². The summed E-state index contributed by atoms with van der Waals surface area (Å²) in [6, 6.07) is 15.4. The van der Waals surface area contributed by atoms with Crippen molar-refractivity contribution in [3.8, 4) is 0 Å². The number of aliphatic hydroxyl groups is 1. The van der Waals surface area contributed by atoms with Crippen LogP contribution in [0.1, 0.15) is 27.9 Å². The van der Waals surface area contributed by atoms with Gasteiger partial charge in [-0.15, -0.1) is 0 Å². The van der Waals surface area contributed by atoms with Crippen LogP contribution in [-0.2, 0) is 6.42 Å². The fourth-order valence-electron chi connectivity index (χ4n) is 2.69. The Balaban J connectivity index is 1.95. The summed E-state index contributed by atoms with van der Waals surface area (Å²) in [5.74, 6) is -0.0325. The van der Waals surface area contributed by atoms with Gasteiger partial charge in [0.25, 0.3) is 5.91 Å². The summed E-state index contributed by atoms with van der Waals surface area (Å²) in [6.45, 7) is 4.23. The lowest BCUT2D eigenvalue weighted by atomic mass is 10.1. The van der Waals surface area contributed by atoms with Crippen LogP contribution in [0.5, 0.6) is 0 Å². The van der Waals surface area contributed by atoms with Crippen molar-refractivity contribution in [2.45, 2.75) is 12.8 Å². The first-order valence-corrected chi connectivity index (χ1v) is 7.05. The molecule has 106 valence electrons. The summed E-state index contributed by atoms with van der Waals surface area (Å²) >= 11 is 0. The Morgan fingerprint density at radius 2 is 1.81 bits per heavy atom. The number of anilines is 1. The minimum Gasteiger partial charge on any atom is -0.396 e. The largest absolute Gasteiger partial charge is 0.396 e. The normalized spacial score (nSPS) is 13.7. The van der Waals surface area contributed by atoms with Gasteiger partial charge in [0, 0.05) is 23.4 Å². The highest BCUT2D eigenvalue weighted by molar-refractivity contribution is 6.22. The molecule has 0 spiro atoms. The molecular weight excluding hydrogens is 262 g/mol. The van der Waals surface area contributed by atoms with E-state index in [4.69, 9.17) is 5.11 Å². The van der Waals surface area contributed by atoms with E-state index in [0.717, 1.165) is 35.4 Å². The molecule has 0 saturated heterocycles. The third kappa shape index (κ3) is 2.36. The molecule has 3 heteroatoms. The summed E-state index contributed by atoms with van der Waals surface area (Å²) in [7, 11) is 0. The van der Waals surface area contributed by atoms with E-state index in [2.05, 4.69) is 6.58 Å². The topological polar surface area (TPSA) is 40.5 Å². The second-order valence-corrected chi connectivity index (χ2v) is 5.13. The van der Waals surface area contributed by atoms with Gasteiger partial charge in [-0.1, -0.05) is 36.9 Å². The lowest BCUT2D eigenvalue weighted by Crippen LogP contribution is -2.21. The number of fused-ring (bicyclic) bond motifs is 1. The highest BCUT2D eigenvalue weighted by atomic mass is 16.2. The minimum absolute atomic E-state index is 0.0325. The van der Waals surface area contributed by atoms with Crippen molar-refractivity contribution in [3.63, 3.8) is 0 Å². The molecule has 21 heavy (non-hydrogen) atoms. The standard InChI is InChI=1S/C18H17NO2/c1-13-16-9-2-3-10-17(16)18(21)19(13)15-8-4-6-14(12-15)7-5-11-20/h2-4,6,8-10,12,20H,1,5,7,11H2. The average Bonchev–Trinajstić information content (AvgIpc) is 2.78. The third-order valence-corrected chi connectivity index (χ3v) is 3.73. The molecule has 3 rings (SSSR count). The van der Waals surface area contributed by atoms with Crippen molar-refractivity contribution >= 4 is 17.3 Å². The Morgan fingerprint density at radius 3 is 2.52 bits per heavy atom. The molecule has 0 aliphatic carbocycles. The van der Waals surface area contributed by atoms with Crippen LogP contribution < -0.4 is 4.90 Å². The Morgan fingerprint density at radius 1 is 1.05 bits per heavy atom. The van der Waals surface area contributed by atoms with E-state index in [1.54, 1.807) is 4.90 Å². The molecule has 2 aromatic carbocycles. The molecular formula is C18H17NO2. The van der Waals surface area contributed by atoms with Crippen LogP contribution in [0.25, 0.3) is 5.70 Å². The average molecular weight is 279 g/mol. The van der Waals surface area contributed by atoms with Gasteiger partial charge in [-0.25, -0.2) is 0 Å². The van der Waals surface area contributed by atoms with Gasteiger partial charge in [0.2, 0.25) is 0 Å². The zero-order chi connectivity index (χ0) is 14.8. The summed E-state index contributed by atoms with van der Waals surface area (Å²) in [4.78, 5) is 14.2. The molecule has 0 radical (unpaired) electrons. The number of carbonyl (C=O) groups is 1. The first kappa shape index (κ1) is 13.6. The molecule has 0 unspecified atom stereocenters. The van der Waals surface area contributed by atoms with Gasteiger partial charge < -0.3 is 5.11 Å². The van der Waals surface area contributed by atoms with Crippen molar-refractivity contribution in [1.82, 2.24) is 0 Å². The van der Waals surface area contributed by atoms with Gasteiger partial charge in [-0.3, -0.25) is 9.69 Å². The Bertz CT molecular complexity index is 671. The molecule has 1 amide bonds. The number of aryl methyl sites for hydroxylation is 1. The van der Waals surface area contributed by atoms with Crippen molar-refractivity contribution in [2.75, 3.05) is 11.5 Å². The number of carbonyl (C=O) groups excluding carboxylic acids is 1. The molecule has 1 heterocycles. The third-order valence-electron chi connectivity index (χ3n) is 3.73. The fourth-order valence-corrected chi connectivity index (χ4v) is 2.69. The number of aliphatic hydroxyl groups excluding tert-OH is 1. The summed E-state index contributed by atoms with van der Waals surface area (Å²) in [5.41, 5.74) is 4.25. The summed E-state index contributed by atoms with van der Waals surface area (Å²) in [5, 5.41) is 8.93. The monoisotopic (exact) mass is 279 g/mol. The van der Waals surface area contributed by atoms with Crippen LogP contribution in [0, 0.1) is 0 Å². The molecule has 1 aliphatic rings. The fraction of sp³-hybridized carbons (Fsp3) is 0.167. The van der Waals surface area contributed by atoms with Crippen LogP contribution in [0.3, 0.4) is 0 Å². The van der Waals surface area contributed by atoms with Gasteiger partial charge in [-0.05, 0) is 36.6 Å². The maximum Gasteiger partial charge on any atom is 0.263 e. The molecule has 0 bridgehead atoms. The predicted molar refractivity (Wildman–Crippen MR) is 84.1 cm³/mol. The number of nitrogens with zero attached hydrogens (tertiary/aromatic N) is 1. The quantitative estimate of drug-likeness (QED) is 0.933. The maximum atomic E-state index is 12.6. The molecule has 3 nitrogen and oxygen atoms in total. The van der Waals surface area contributed by atoms with E-state index < -0.39 is 0 Å². The first-order chi connectivity index (χ1) is 10.2. The maximum absolute atomic E-state index is 12.6. The van der Waals surface area contributed by atoms with Gasteiger partial charge in [0.05, 0.1) is 5.70 Å². The van der Waals surface area contributed by atoms with E-state index in [1.165, 1.54) is 0 Å². The van der Waals surface area contributed by atoms with Gasteiger partial charge in [0.1, 0.15) is 0 Å². The van der Waals surface area contributed by atoms with Crippen LogP contribution in [0.4, 0.5) is 5.69 Å². The van der Waals surface area contributed by atoms with E-state index >= 15 is 0 Å². The number of hydrogen-bond acceptors (Lipinski definition) is 2. The van der Waals surface area contributed by atoms with Gasteiger partial charge >= 0.3 is 0 Å². The lowest BCUT2D eigenvalue weighted by molar-refractivity contribution is 0.101. The van der Waals surface area contributed by atoms with E-state index in [1.807, 2.05) is 48.5 Å². The molecule has 0 fully saturated rings. The highest BCUT2D eigenvalue weighted by Crippen LogP contribution is 2.35. The number of amides is 1. The van der Waals surface area contributed by atoms with Crippen molar-refractivity contribution in [1.29, 1.82) is 0 Å². The predicted octanol–water partition coefficient (Wildman–Crippen LogP) is 3.24. The molecule has 0 saturated carbocycles. The van der Waals surface area contributed by atoms with Crippen molar-refractivity contribution in [3.05, 3.63) is 71.8 Å². The lowest BCUT2D eigenvalue weighted by Gasteiger charge is -2.18. The minimum atomic E-state index is -0.0325. The second-order valence-electron chi connectivity index (χ2n) is 5.13. The molecule has 2 aromatic rings. The van der Waals surface area contributed by atoms with Gasteiger partial charge in [-0.2, -0.15) is 0 Å². The second kappa shape index (κ2) is 5.54. The Labute approximate surface area is 124 Å². The Hall–Kier alpha value is -2.39. The Kier molecular flexibility index (Phi) is 3.59. The number of rotatable bonds is 4. The summed E-state index contributed by atoms with van der Waals surface area (Å²) in [6.07, 6.45) is 1.52. The van der Waals surface area contributed by atoms with Crippen LogP contribution in [0.2, 0.25) is 0 Å². The molecule has 1 aliphatic heterocycles. The van der Waals surface area contributed by atoms with Gasteiger partial charge in [0.15, 0.2) is 0 Å². The van der Waals surface area contributed by atoms with Crippen LogP contribution in [-0.4, -0.2) is 17.6 Å². The smallest absolute Gasteiger partial charge is 0.263 e.